The van der Waals surface area contributed by atoms with Gasteiger partial charge in [0.1, 0.15) is 40.4 Å². The fraction of sp³-hybridized carbons (Fsp3) is 0.451. The molecule has 2 aliphatic rings. The predicted octanol–water partition coefficient (Wildman–Crippen LogP) is 5.75. The fourth-order valence-corrected chi connectivity index (χ4v) is 9.91. The number of methoxy groups -OCH3 is 1. The quantitative estimate of drug-likeness (QED) is 0.0522. The van der Waals surface area contributed by atoms with Crippen molar-refractivity contribution in [3.05, 3.63) is 94.7 Å². The molecular formula is C51H66ClN11O8S2. The Balaban J connectivity index is 0.804. The van der Waals surface area contributed by atoms with Crippen LogP contribution in [-0.2, 0) is 41.4 Å². The Morgan fingerprint density at radius 3 is 2.41 bits per heavy atom. The van der Waals surface area contributed by atoms with Crippen LogP contribution in [0.2, 0.25) is 5.02 Å². The molecule has 19 nitrogen and oxygen atoms in total. The largest absolute Gasteiger partial charge is 0.494 e. The van der Waals surface area contributed by atoms with Gasteiger partial charge in [-0.05, 0) is 47.7 Å². The van der Waals surface area contributed by atoms with E-state index in [9.17, 15) is 23.7 Å². The lowest BCUT2D eigenvalue weighted by Gasteiger charge is -2.36. The van der Waals surface area contributed by atoms with E-state index < -0.39 is 46.4 Å². The van der Waals surface area contributed by atoms with Crippen LogP contribution in [0, 0.1) is 12.3 Å². The number of carbonyl (C=O) groups is 3. The summed E-state index contributed by atoms with van der Waals surface area (Å²) in [5.41, 5.74) is 7.13. The van der Waals surface area contributed by atoms with Gasteiger partial charge in [-0.15, -0.1) is 11.3 Å². The number of piperazine rings is 1. The van der Waals surface area contributed by atoms with E-state index in [1.54, 1.807) is 36.1 Å². The Kier molecular flexibility index (Phi) is 19.0. The summed E-state index contributed by atoms with van der Waals surface area (Å²) in [6.07, 6.45) is 2.34. The maximum Gasteiger partial charge on any atom is 0.246 e. The number of nitrogens with zero attached hydrogens (tertiary/aromatic N) is 7. The zero-order valence-corrected chi connectivity index (χ0v) is 44.7. The van der Waals surface area contributed by atoms with Crippen LogP contribution in [0.25, 0.3) is 10.4 Å². The number of rotatable bonds is 22. The summed E-state index contributed by atoms with van der Waals surface area (Å²) < 4.78 is 31.1. The molecule has 3 aromatic carbocycles. The van der Waals surface area contributed by atoms with Crippen LogP contribution in [0.3, 0.4) is 0 Å². The van der Waals surface area contributed by atoms with E-state index in [4.69, 9.17) is 25.8 Å². The van der Waals surface area contributed by atoms with E-state index in [0.717, 1.165) is 65.8 Å². The van der Waals surface area contributed by atoms with Crippen LogP contribution >= 0.6 is 22.9 Å². The first-order valence-electron chi connectivity index (χ1n) is 24.1. The average Bonchev–Trinajstić information content (AvgIpc) is 4.00. The summed E-state index contributed by atoms with van der Waals surface area (Å²) in [7, 11) is 2.13. The first kappa shape index (κ1) is 54.8. The summed E-state index contributed by atoms with van der Waals surface area (Å²) in [5, 5.41) is 23.2. The number of hydrogen-bond acceptors (Lipinski definition) is 16. The molecule has 4 atom stereocenters. The molecule has 4 heterocycles. The lowest BCUT2D eigenvalue weighted by molar-refractivity contribution is -0.144. The molecule has 1 unspecified atom stereocenters. The second kappa shape index (κ2) is 25.3. The molecule has 73 heavy (non-hydrogen) atoms. The van der Waals surface area contributed by atoms with Crippen molar-refractivity contribution >= 4 is 86.2 Å². The van der Waals surface area contributed by atoms with Gasteiger partial charge in [0.2, 0.25) is 23.7 Å². The minimum atomic E-state index is -1.23. The van der Waals surface area contributed by atoms with E-state index in [0.29, 0.717) is 47.1 Å². The van der Waals surface area contributed by atoms with E-state index in [1.165, 1.54) is 11.1 Å². The number of para-hydroxylation sites is 2. The van der Waals surface area contributed by atoms with Gasteiger partial charge < -0.3 is 50.4 Å². The van der Waals surface area contributed by atoms with Gasteiger partial charge in [-0.25, -0.2) is 14.2 Å². The van der Waals surface area contributed by atoms with Crippen molar-refractivity contribution in [3.63, 3.8) is 0 Å². The van der Waals surface area contributed by atoms with Crippen LogP contribution in [0.15, 0.2) is 78.4 Å². The molecule has 2 saturated heterocycles. The van der Waals surface area contributed by atoms with Gasteiger partial charge in [-0.2, -0.15) is 4.98 Å². The van der Waals surface area contributed by atoms with Crippen molar-refractivity contribution in [2.24, 2.45) is 5.41 Å². The Labute approximate surface area is 438 Å². The summed E-state index contributed by atoms with van der Waals surface area (Å²) >= 11 is 8.07. The minimum Gasteiger partial charge on any atom is -0.494 e. The van der Waals surface area contributed by atoms with Gasteiger partial charge in [-0.1, -0.05) is 68.8 Å². The number of hydrogen-bond donors (Lipinski definition) is 5. The number of carbonyl (C=O) groups excluding carboxylic acids is 3. The number of β-amino-alcohol motifs (C(OH)–C–C–N with tert-alkyl or cyclic N) is 1. The molecule has 2 aromatic heterocycles. The number of aliphatic hydroxyl groups is 1. The number of likely N-dealkylation sites (tertiary alicyclic amines) is 1. The third kappa shape index (κ3) is 14.6. The first-order valence-corrected chi connectivity index (χ1v) is 26.8. The zero-order valence-electron chi connectivity index (χ0n) is 42.4. The Morgan fingerprint density at radius 2 is 1.71 bits per heavy atom. The van der Waals surface area contributed by atoms with Gasteiger partial charge in [0, 0.05) is 77.3 Å². The molecule has 7 rings (SSSR count). The highest BCUT2D eigenvalue weighted by atomic mass is 35.5. The highest BCUT2D eigenvalue weighted by Crippen LogP contribution is 2.35. The lowest BCUT2D eigenvalue weighted by Crippen LogP contribution is -2.58. The van der Waals surface area contributed by atoms with Crippen LogP contribution in [0.1, 0.15) is 38.4 Å². The second-order valence-electron chi connectivity index (χ2n) is 18.9. The molecule has 0 radical (unpaired) electrons. The van der Waals surface area contributed by atoms with Crippen LogP contribution in [-0.4, -0.2) is 156 Å². The number of aromatic nitrogens is 3. The maximum absolute atomic E-state index is 14.0. The summed E-state index contributed by atoms with van der Waals surface area (Å²) in [5.74, 6) is 0.0381. The highest BCUT2D eigenvalue weighted by molar-refractivity contribution is 7.85. The number of halogens is 1. The molecule has 2 aliphatic heterocycles. The molecule has 0 aliphatic carbocycles. The molecule has 3 amide bonds. The average molecular weight is 1060 g/mol. The normalized spacial score (nSPS) is 16.9. The number of nitrogens with one attached hydrogen (secondary N) is 4. The second-order valence-corrected chi connectivity index (χ2v) is 21.6. The first-order chi connectivity index (χ1) is 35.0. The summed E-state index contributed by atoms with van der Waals surface area (Å²) in [6, 6.07) is 19.4. The van der Waals surface area contributed by atoms with Gasteiger partial charge in [-0.3, -0.25) is 23.6 Å². The van der Waals surface area contributed by atoms with Gasteiger partial charge in [0.15, 0.2) is 5.82 Å². The molecule has 5 aromatic rings. The van der Waals surface area contributed by atoms with Crippen molar-refractivity contribution in [3.8, 4) is 16.2 Å². The van der Waals surface area contributed by atoms with E-state index in [-0.39, 0.29) is 38.6 Å². The standard InChI is InChI=1S/C51H66ClN11O8S2/c1-33-45(72-32-55-33)35-14-12-34(13-15-35)28-53-48(66)42-27-37(64)30-63(42)49(67)46(51(2,3)4)58-44(65)31-71-25-24-70-23-22-61-18-20-62(21-19-61)36-16-17-40(43(26-36)69-6)57-50-54-29-38(52)47(59-50)56-39-10-8-9-11-41(39)60(5)73(7)68/h8-17,26,29,32,37,42,46,64H,18-25,27-28,30-31H2,1-7H3,(H,53,66)(H,58,65)(H2,54,56,57,59)/t37-,42-,46-,73?/m1/s1. The summed E-state index contributed by atoms with van der Waals surface area (Å²) in [6.45, 7) is 12.4. The monoisotopic (exact) mass is 1060 g/mol. The smallest absolute Gasteiger partial charge is 0.246 e. The van der Waals surface area contributed by atoms with Gasteiger partial charge in [0.05, 0.1) is 72.4 Å². The van der Waals surface area contributed by atoms with Crippen molar-refractivity contribution in [1.82, 2.24) is 35.4 Å². The van der Waals surface area contributed by atoms with Crippen molar-refractivity contribution in [2.75, 3.05) is 106 Å². The molecule has 5 N–H and O–H groups in total. The highest BCUT2D eigenvalue weighted by Gasteiger charge is 2.44. The number of aliphatic hydroxyl groups excluding tert-OH is 1. The van der Waals surface area contributed by atoms with Gasteiger partial charge in [0.25, 0.3) is 0 Å². The molecule has 2 fully saturated rings. The van der Waals surface area contributed by atoms with Gasteiger partial charge >= 0.3 is 0 Å². The van der Waals surface area contributed by atoms with Crippen LogP contribution in [0.4, 0.5) is 34.5 Å². The van der Waals surface area contributed by atoms with Crippen molar-refractivity contribution in [1.29, 1.82) is 0 Å². The Bertz CT molecular complexity index is 2700. The molecule has 0 spiro atoms. The lowest BCUT2D eigenvalue weighted by atomic mass is 9.85. The third-order valence-electron chi connectivity index (χ3n) is 12.7. The fourth-order valence-electron chi connectivity index (χ4n) is 8.53. The SMILES string of the molecule is COc1cc(N2CCN(CCOCCOCC(=O)N[C@H](C(=O)N3C[C@H](O)C[C@@H]3C(=O)NCc3ccc(-c4scnc4C)cc3)C(C)(C)C)CC2)ccc1Nc1ncc(Cl)c(Nc2ccccc2N(C)S(C)=O)n1. The molecule has 0 saturated carbocycles. The van der Waals surface area contributed by atoms with Crippen molar-refractivity contribution < 1.29 is 37.9 Å². The number of aryl methyl sites for hydroxylation is 1. The number of anilines is 6. The zero-order chi connectivity index (χ0) is 52.2. The molecule has 392 valence electrons. The Morgan fingerprint density at radius 1 is 0.973 bits per heavy atom. The third-order valence-corrected chi connectivity index (χ3v) is 14.9. The van der Waals surface area contributed by atoms with E-state index in [2.05, 4.69) is 46.0 Å². The van der Waals surface area contributed by atoms with Crippen LogP contribution < -0.4 is 35.2 Å². The van der Waals surface area contributed by atoms with Crippen LogP contribution in [0.5, 0.6) is 5.75 Å². The molecule has 22 heteroatoms. The molecular weight excluding hydrogens is 994 g/mol. The van der Waals surface area contributed by atoms with E-state index >= 15 is 0 Å². The summed E-state index contributed by atoms with van der Waals surface area (Å²) in [4.78, 5) is 61.0. The van der Waals surface area contributed by atoms with E-state index in [1.807, 2.05) is 99.9 Å². The number of benzene rings is 3. The van der Waals surface area contributed by atoms with Crippen molar-refractivity contribution in [2.45, 2.75) is 58.8 Å². The number of thiazole rings is 1. The predicted molar refractivity (Wildman–Crippen MR) is 287 cm³/mol. The number of amides is 3. The topological polar surface area (TPSA) is 216 Å². The molecule has 0 bridgehead atoms. The maximum atomic E-state index is 14.0. The minimum absolute atomic E-state index is 0.0151. The Hall–Kier alpha value is -5.94. The number of ether oxygens (including phenoxy) is 3.